The van der Waals surface area contributed by atoms with Gasteiger partial charge in [0.2, 0.25) is 0 Å². The van der Waals surface area contributed by atoms with Gasteiger partial charge in [-0.2, -0.15) is 0 Å². The van der Waals surface area contributed by atoms with Crippen LogP contribution in [0.15, 0.2) is 253 Å². The lowest BCUT2D eigenvalue weighted by Gasteiger charge is -2.48. The van der Waals surface area contributed by atoms with Crippen molar-refractivity contribution < 1.29 is 4.42 Å². The summed E-state index contributed by atoms with van der Waals surface area (Å²) in [4.78, 5) is 15.3. The lowest BCUT2D eigenvalue weighted by Crippen LogP contribution is -2.43. The first-order valence-corrected chi connectivity index (χ1v) is 25.1. The van der Waals surface area contributed by atoms with Crippen LogP contribution in [0.5, 0.6) is 0 Å². The van der Waals surface area contributed by atoms with Crippen LogP contribution in [0.25, 0.3) is 100 Å². The number of benzene rings is 11. The normalized spacial score (nSPS) is 14.0. The molecular weight excluding hydrogens is 887 g/mol. The van der Waals surface area contributed by atoms with Gasteiger partial charge in [-0.15, -0.1) is 0 Å². The summed E-state index contributed by atoms with van der Waals surface area (Å²) in [5.74, 6) is 1.91. The van der Waals surface area contributed by atoms with E-state index in [1.165, 1.54) is 66.8 Å². The van der Waals surface area contributed by atoms with Crippen LogP contribution in [-0.2, 0) is 10.8 Å². The van der Waals surface area contributed by atoms with Gasteiger partial charge in [-0.05, 0) is 113 Å². The fourth-order valence-corrected chi connectivity index (χ4v) is 13.3. The number of para-hydroxylation sites is 1. The SMILES string of the molecule is c1ccc(-c2nc(-c3ccc(-c4ccc5c(c4)-c4cc6oc7ccccc7c6cc4C54c5ccccc5C5(c6ccccc6-c6ccccc65)c5ccccc54)cc3)nc(-c3cccc4ccccc34)n2)cc1. The average molecular weight is 928 g/mol. The van der Waals surface area contributed by atoms with Gasteiger partial charge < -0.3 is 4.42 Å². The maximum Gasteiger partial charge on any atom is 0.164 e. The summed E-state index contributed by atoms with van der Waals surface area (Å²) in [7, 11) is 0. The van der Waals surface area contributed by atoms with Gasteiger partial charge >= 0.3 is 0 Å². The smallest absolute Gasteiger partial charge is 0.164 e. The van der Waals surface area contributed by atoms with E-state index in [2.05, 4.69) is 231 Å². The predicted molar refractivity (Wildman–Crippen MR) is 295 cm³/mol. The Morgan fingerprint density at radius 2 is 0.712 bits per heavy atom. The van der Waals surface area contributed by atoms with Crippen LogP contribution >= 0.6 is 0 Å². The number of furan rings is 1. The van der Waals surface area contributed by atoms with Gasteiger partial charge in [0.1, 0.15) is 11.2 Å². The first-order valence-electron chi connectivity index (χ1n) is 25.1. The van der Waals surface area contributed by atoms with Crippen LogP contribution in [0.3, 0.4) is 0 Å². The molecule has 2 heterocycles. The Morgan fingerprint density at radius 3 is 1.40 bits per heavy atom. The molecule has 3 aliphatic carbocycles. The van der Waals surface area contributed by atoms with E-state index in [0.717, 1.165) is 60.5 Å². The molecule has 13 aromatic rings. The van der Waals surface area contributed by atoms with Crippen molar-refractivity contribution in [2.24, 2.45) is 0 Å². The Hall–Kier alpha value is -9.51. The van der Waals surface area contributed by atoms with Crippen molar-refractivity contribution in [2.75, 3.05) is 0 Å². The number of aromatic nitrogens is 3. The molecule has 0 N–H and O–H groups in total. The standard InChI is InChI=1S/C69H41N3O/c1-2-18-44(19-3-1)65-70-66(72-67(71-65)51-25-16-20-43-17-4-5-21-47(43)51)45-35-33-42(34-36-45)46-37-38-57-52(39-46)53-41-64-54(50-24-8-15-32-63(50)73-64)40-62(53)69(57)60-30-13-11-28-58(60)68(59-29-12-14-31-61(59)69)55-26-9-6-22-48(55)49-23-7-10-27-56(49)68/h1-41H. The van der Waals surface area contributed by atoms with Crippen LogP contribution in [0.4, 0.5) is 0 Å². The molecule has 11 aromatic carbocycles. The molecule has 16 rings (SSSR count). The molecular formula is C69H41N3O. The Labute approximate surface area is 421 Å². The second kappa shape index (κ2) is 15.0. The Morgan fingerprint density at radius 1 is 0.247 bits per heavy atom. The van der Waals surface area contributed by atoms with Crippen molar-refractivity contribution in [3.05, 3.63) is 293 Å². The van der Waals surface area contributed by atoms with Crippen LogP contribution in [0.1, 0.15) is 44.5 Å². The average Bonchev–Trinajstić information content (AvgIpc) is 4.20. The minimum absolute atomic E-state index is 0.515. The van der Waals surface area contributed by atoms with Crippen LogP contribution in [0.2, 0.25) is 0 Å². The quantitative estimate of drug-likeness (QED) is 0.176. The third-order valence-electron chi connectivity index (χ3n) is 16.2. The molecule has 73 heavy (non-hydrogen) atoms. The highest BCUT2D eigenvalue weighted by Gasteiger charge is 2.59. The van der Waals surface area contributed by atoms with Crippen molar-refractivity contribution in [1.29, 1.82) is 0 Å². The highest BCUT2D eigenvalue weighted by molar-refractivity contribution is 6.08. The summed E-state index contributed by atoms with van der Waals surface area (Å²) >= 11 is 0. The van der Waals surface area contributed by atoms with E-state index < -0.39 is 10.8 Å². The lowest BCUT2D eigenvalue weighted by molar-refractivity contribution is 0.633. The van der Waals surface area contributed by atoms with Gasteiger partial charge in [0.15, 0.2) is 17.5 Å². The summed E-state index contributed by atoms with van der Waals surface area (Å²) in [6.07, 6.45) is 0. The Kier molecular flexibility index (Phi) is 8.27. The number of nitrogens with zero attached hydrogens (tertiary/aromatic N) is 3. The predicted octanol–water partition coefficient (Wildman–Crippen LogP) is 16.6. The third-order valence-corrected chi connectivity index (χ3v) is 16.2. The molecule has 2 spiro atoms. The molecule has 0 aliphatic heterocycles. The van der Waals surface area contributed by atoms with Crippen LogP contribution in [-0.4, -0.2) is 15.0 Å². The number of fused-ring (bicyclic) bond motifs is 20. The first kappa shape index (κ1) is 40.2. The second-order valence-corrected chi connectivity index (χ2v) is 19.7. The van der Waals surface area contributed by atoms with Crippen molar-refractivity contribution in [3.63, 3.8) is 0 Å². The monoisotopic (exact) mass is 927 g/mol. The third kappa shape index (κ3) is 5.41. The molecule has 0 fully saturated rings. The topological polar surface area (TPSA) is 51.8 Å². The Balaban J connectivity index is 0.901. The van der Waals surface area contributed by atoms with E-state index in [9.17, 15) is 0 Å². The summed E-state index contributed by atoms with van der Waals surface area (Å²) in [6.45, 7) is 0. The van der Waals surface area contributed by atoms with E-state index in [1.807, 2.05) is 18.2 Å². The molecule has 0 amide bonds. The maximum absolute atomic E-state index is 6.71. The van der Waals surface area contributed by atoms with Crippen LogP contribution in [0, 0.1) is 0 Å². The summed E-state index contributed by atoms with van der Waals surface area (Å²) in [6, 6.07) is 90.7. The maximum atomic E-state index is 6.71. The Bertz CT molecular complexity index is 4350. The first-order chi connectivity index (χ1) is 36.2. The van der Waals surface area contributed by atoms with Gasteiger partial charge in [-0.1, -0.05) is 224 Å². The molecule has 4 nitrogen and oxygen atoms in total. The van der Waals surface area contributed by atoms with Gasteiger partial charge in [0.25, 0.3) is 0 Å². The minimum atomic E-state index is -0.637. The van der Waals surface area contributed by atoms with Crippen molar-refractivity contribution in [2.45, 2.75) is 10.8 Å². The highest BCUT2D eigenvalue weighted by atomic mass is 16.3. The van der Waals surface area contributed by atoms with Gasteiger partial charge in [0.05, 0.1) is 10.8 Å². The zero-order chi connectivity index (χ0) is 47.8. The van der Waals surface area contributed by atoms with Crippen molar-refractivity contribution in [1.82, 2.24) is 15.0 Å². The van der Waals surface area contributed by atoms with Crippen molar-refractivity contribution >= 4 is 32.7 Å². The summed E-state index contributed by atoms with van der Waals surface area (Å²) in [5.41, 5.74) is 21.1. The minimum Gasteiger partial charge on any atom is -0.456 e. The second-order valence-electron chi connectivity index (χ2n) is 19.7. The molecule has 338 valence electrons. The van der Waals surface area contributed by atoms with Crippen LogP contribution < -0.4 is 0 Å². The van der Waals surface area contributed by atoms with E-state index in [-0.39, 0.29) is 0 Å². The largest absolute Gasteiger partial charge is 0.456 e. The van der Waals surface area contributed by atoms with Crippen molar-refractivity contribution in [3.8, 4) is 67.5 Å². The fraction of sp³-hybridized carbons (Fsp3) is 0.0290. The molecule has 0 radical (unpaired) electrons. The molecule has 3 aliphatic rings. The number of rotatable bonds is 4. The number of hydrogen-bond donors (Lipinski definition) is 0. The molecule has 0 saturated heterocycles. The zero-order valence-corrected chi connectivity index (χ0v) is 39.4. The molecule has 0 unspecified atom stereocenters. The molecule has 0 atom stereocenters. The van der Waals surface area contributed by atoms with Gasteiger partial charge in [0, 0.05) is 27.5 Å². The molecule has 0 saturated carbocycles. The fourth-order valence-electron chi connectivity index (χ4n) is 13.3. The lowest BCUT2D eigenvalue weighted by atomic mass is 9.52. The zero-order valence-electron chi connectivity index (χ0n) is 39.4. The van der Waals surface area contributed by atoms with Gasteiger partial charge in [-0.3, -0.25) is 0 Å². The summed E-state index contributed by atoms with van der Waals surface area (Å²) in [5, 5.41) is 4.49. The van der Waals surface area contributed by atoms with E-state index in [4.69, 9.17) is 19.4 Å². The molecule has 0 bridgehead atoms. The number of hydrogen-bond acceptors (Lipinski definition) is 4. The van der Waals surface area contributed by atoms with Gasteiger partial charge in [-0.25, -0.2) is 15.0 Å². The van der Waals surface area contributed by atoms with E-state index in [0.29, 0.717) is 17.5 Å². The molecule has 2 aromatic heterocycles. The van der Waals surface area contributed by atoms with E-state index in [1.54, 1.807) is 0 Å². The molecule has 4 heteroatoms. The summed E-state index contributed by atoms with van der Waals surface area (Å²) < 4.78 is 6.71. The van der Waals surface area contributed by atoms with E-state index >= 15 is 0 Å². The highest BCUT2D eigenvalue weighted by Crippen LogP contribution is 2.68.